The Balaban J connectivity index is 2.00. The molecule has 1 unspecified atom stereocenters. The smallest absolute Gasteiger partial charge is 0.224 e. The van der Waals surface area contributed by atoms with Gasteiger partial charge in [-0.15, -0.1) is 0 Å². The van der Waals surface area contributed by atoms with Gasteiger partial charge >= 0.3 is 0 Å². The predicted octanol–water partition coefficient (Wildman–Crippen LogP) is 0.864. The summed E-state index contributed by atoms with van der Waals surface area (Å²) in [6.45, 7) is 0. The number of hydrogen-bond acceptors (Lipinski definition) is 7. The van der Waals surface area contributed by atoms with Gasteiger partial charge in [0.15, 0.2) is 16.6 Å². The van der Waals surface area contributed by atoms with Crippen LogP contribution in [-0.4, -0.2) is 27.7 Å². The molecule has 0 aliphatic heterocycles. The molecule has 0 radical (unpaired) electrons. The number of hydrogen-bond donors (Lipinski definition) is 5. The molecule has 11 heteroatoms. The third-order valence-electron chi connectivity index (χ3n) is 3.56. The van der Waals surface area contributed by atoms with E-state index in [1.165, 1.54) is 24.5 Å². The minimum absolute atomic E-state index is 0.0205. The van der Waals surface area contributed by atoms with Gasteiger partial charge < -0.3 is 20.7 Å². The van der Waals surface area contributed by atoms with Gasteiger partial charge in [-0.25, -0.2) is 5.21 Å². The van der Waals surface area contributed by atoms with Gasteiger partial charge in [0, 0.05) is 18.2 Å². The van der Waals surface area contributed by atoms with E-state index in [1.54, 1.807) is 18.2 Å². The van der Waals surface area contributed by atoms with Crippen molar-refractivity contribution in [3.8, 4) is 0 Å². The number of nitrogens with one attached hydrogen (secondary N) is 3. The minimum Gasteiger partial charge on any atom is -0.595 e. The lowest BCUT2D eigenvalue weighted by Crippen LogP contribution is -2.99. The zero-order chi connectivity index (χ0) is 20.5. The molecule has 0 spiro atoms. The van der Waals surface area contributed by atoms with Crippen molar-refractivity contribution < 1.29 is 24.4 Å². The fraction of sp³-hybridized carbons (Fsp3) is 0.176. The lowest BCUT2D eigenvalue weighted by Gasteiger charge is -2.15. The second-order valence-electron chi connectivity index (χ2n) is 5.63. The second-order valence-corrected chi connectivity index (χ2v) is 6.07. The quantitative estimate of drug-likeness (QED) is 0.178. The molecule has 1 aromatic heterocycles. The summed E-state index contributed by atoms with van der Waals surface area (Å²) in [5, 5.41) is 25.6. The first kappa shape index (κ1) is 21.2. The van der Waals surface area contributed by atoms with Crippen molar-refractivity contribution in [2.45, 2.75) is 19.3 Å². The fourth-order valence-electron chi connectivity index (χ4n) is 2.28. The number of hydrazone groups is 1. The number of furan rings is 1. The second kappa shape index (κ2) is 10.3. The molecule has 1 heterocycles. The molecule has 0 saturated carbocycles. The molecular formula is C17H19N5O5S. The Labute approximate surface area is 165 Å². The van der Waals surface area contributed by atoms with Crippen LogP contribution in [0, 0.1) is 5.21 Å². The average Bonchev–Trinajstić information content (AvgIpc) is 3.19. The van der Waals surface area contributed by atoms with E-state index in [1.807, 2.05) is 0 Å². The summed E-state index contributed by atoms with van der Waals surface area (Å²) < 4.78 is 5.05. The Hall–Kier alpha value is -3.12. The standard InChI is InChI=1S/C17H19N5O5S/c18-17(28)21-20-11(10-14(23)15-6-3-9-27-15)7-8-16(24)19-12-4-1-2-5-13(12)22(25)26/h1-6,9,22,25H,7-8,10H2,(H,19,24)(H3,18,21,28)/b20-11-. The number of quaternary nitrogens is 1. The molecule has 0 bridgehead atoms. The van der Waals surface area contributed by atoms with E-state index in [4.69, 9.17) is 15.4 Å². The first-order valence-electron chi connectivity index (χ1n) is 8.16. The highest BCUT2D eigenvalue weighted by Gasteiger charge is 2.16. The van der Waals surface area contributed by atoms with Gasteiger partial charge in [-0.3, -0.25) is 15.0 Å². The van der Waals surface area contributed by atoms with Crippen molar-refractivity contribution in [1.82, 2.24) is 5.43 Å². The Bertz CT molecular complexity index is 867. The predicted molar refractivity (Wildman–Crippen MR) is 105 cm³/mol. The van der Waals surface area contributed by atoms with Crippen LogP contribution in [0.25, 0.3) is 0 Å². The number of amides is 1. The third kappa shape index (κ3) is 6.55. The number of carbonyl (C=O) groups is 2. The summed E-state index contributed by atoms with van der Waals surface area (Å²) in [7, 11) is 0. The zero-order valence-corrected chi connectivity index (χ0v) is 15.5. The minimum atomic E-state index is -1.15. The van der Waals surface area contributed by atoms with Crippen molar-refractivity contribution in [1.29, 1.82) is 0 Å². The molecular weight excluding hydrogens is 386 g/mol. The molecule has 10 nitrogen and oxygen atoms in total. The number of anilines is 1. The van der Waals surface area contributed by atoms with Crippen LogP contribution in [0.5, 0.6) is 0 Å². The van der Waals surface area contributed by atoms with Crippen LogP contribution in [0.1, 0.15) is 29.8 Å². The summed E-state index contributed by atoms with van der Waals surface area (Å²) in [5.41, 5.74) is 8.25. The maximum absolute atomic E-state index is 12.2. The molecule has 2 rings (SSSR count). The summed E-state index contributed by atoms with van der Waals surface area (Å²) in [4.78, 5) is 24.4. The highest BCUT2D eigenvalue weighted by Crippen LogP contribution is 2.17. The normalized spacial score (nSPS) is 12.3. The van der Waals surface area contributed by atoms with Crippen molar-refractivity contribution in [2.24, 2.45) is 10.8 Å². The Kier molecular flexibility index (Phi) is 7.77. The van der Waals surface area contributed by atoms with Crippen LogP contribution in [0.2, 0.25) is 0 Å². The molecule has 1 atom stereocenters. The number of ketones is 1. The van der Waals surface area contributed by atoms with E-state index < -0.39 is 11.1 Å². The third-order valence-corrected chi connectivity index (χ3v) is 3.65. The van der Waals surface area contributed by atoms with Crippen LogP contribution >= 0.6 is 12.2 Å². The molecule has 0 saturated heterocycles. The number of para-hydroxylation sites is 2. The van der Waals surface area contributed by atoms with Gasteiger partial charge in [-0.05, 0) is 36.8 Å². The maximum Gasteiger partial charge on any atom is 0.224 e. The number of Topliss-reactive ketones (excluding diaryl/α,β-unsaturated/α-hetero) is 1. The van der Waals surface area contributed by atoms with Gasteiger partial charge in [0.2, 0.25) is 11.7 Å². The van der Waals surface area contributed by atoms with E-state index in [-0.39, 0.29) is 47.3 Å². The number of carbonyl (C=O) groups excluding carboxylic acids is 2. The zero-order valence-electron chi connectivity index (χ0n) is 14.7. The van der Waals surface area contributed by atoms with Gasteiger partial charge in [-0.1, -0.05) is 12.1 Å². The number of nitrogens with zero attached hydrogens (tertiary/aromatic N) is 1. The molecule has 1 amide bonds. The number of thiocarbonyl (C=S) groups is 1. The van der Waals surface area contributed by atoms with Crippen LogP contribution in [0.4, 0.5) is 11.4 Å². The van der Waals surface area contributed by atoms with Crippen molar-refractivity contribution in [3.63, 3.8) is 0 Å². The molecule has 1 aromatic carbocycles. The summed E-state index contributed by atoms with van der Waals surface area (Å²) >= 11 is 4.69. The van der Waals surface area contributed by atoms with E-state index in [0.717, 1.165) is 0 Å². The van der Waals surface area contributed by atoms with Crippen LogP contribution in [0.15, 0.2) is 52.2 Å². The van der Waals surface area contributed by atoms with Crippen LogP contribution in [0.3, 0.4) is 0 Å². The summed E-state index contributed by atoms with van der Waals surface area (Å²) in [6.07, 6.45) is 1.38. The first-order chi connectivity index (χ1) is 13.4. The topological polar surface area (TPSA) is 157 Å². The summed E-state index contributed by atoms with van der Waals surface area (Å²) in [6, 6.07) is 9.17. The largest absolute Gasteiger partial charge is 0.595 e. The van der Waals surface area contributed by atoms with E-state index in [2.05, 4.69) is 28.1 Å². The molecule has 0 fully saturated rings. The molecule has 6 N–H and O–H groups in total. The molecule has 0 aliphatic carbocycles. The Morgan fingerprint density at radius 3 is 2.64 bits per heavy atom. The highest BCUT2D eigenvalue weighted by molar-refractivity contribution is 7.80. The monoisotopic (exact) mass is 405 g/mol. The van der Waals surface area contributed by atoms with Gasteiger partial charge in [-0.2, -0.15) is 10.3 Å². The van der Waals surface area contributed by atoms with E-state index in [0.29, 0.717) is 5.71 Å². The van der Waals surface area contributed by atoms with E-state index in [9.17, 15) is 14.8 Å². The Morgan fingerprint density at radius 1 is 1.25 bits per heavy atom. The van der Waals surface area contributed by atoms with Gasteiger partial charge in [0.05, 0.1) is 12.7 Å². The van der Waals surface area contributed by atoms with Crippen molar-refractivity contribution in [3.05, 3.63) is 53.6 Å². The van der Waals surface area contributed by atoms with Gasteiger partial charge in [0.1, 0.15) is 5.69 Å². The SMILES string of the molecule is NC(=S)N/N=C(/CCC(=O)Nc1ccccc1[NH+]([O-])O)CC(=O)c1ccco1. The first-order valence-corrected chi connectivity index (χ1v) is 8.57. The lowest BCUT2D eigenvalue weighted by atomic mass is 10.1. The molecule has 0 aliphatic rings. The van der Waals surface area contributed by atoms with Gasteiger partial charge in [0.25, 0.3) is 0 Å². The molecule has 148 valence electrons. The van der Waals surface area contributed by atoms with Crippen molar-refractivity contribution >= 4 is 46.1 Å². The van der Waals surface area contributed by atoms with Crippen molar-refractivity contribution in [2.75, 3.05) is 5.32 Å². The lowest BCUT2D eigenvalue weighted by molar-refractivity contribution is -0.990. The average molecular weight is 405 g/mol. The number of benzene rings is 1. The van der Waals surface area contributed by atoms with Crippen LogP contribution in [-0.2, 0) is 4.79 Å². The number of rotatable bonds is 9. The maximum atomic E-state index is 12.2. The fourth-order valence-corrected chi connectivity index (χ4v) is 2.32. The van der Waals surface area contributed by atoms with Crippen LogP contribution < -0.4 is 21.7 Å². The van der Waals surface area contributed by atoms with E-state index >= 15 is 0 Å². The number of nitrogens with two attached hydrogens (primary N) is 1. The highest BCUT2D eigenvalue weighted by atomic mass is 32.1. The molecule has 28 heavy (non-hydrogen) atoms. The molecule has 2 aromatic rings. The summed E-state index contributed by atoms with van der Waals surface area (Å²) in [5.74, 6) is -0.574. The Morgan fingerprint density at radius 2 is 2.00 bits per heavy atom.